The molecule has 2 aromatic rings. The molecule has 0 spiro atoms. The summed E-state index contributed by atoms with van der Waals surface area (Å²) in [5.74, 6) is 1.91. The van der Waals surface area contributed by atoms with Crippen LogP contribution in [-0.2, 0) is 0 Å². The van der Waals surface area contributed by atoms with E-state index in [2.05, 4.69) is 80.8 Å². The van der Waals surface area contributed by atoms with Crippen LogP contribution < -0.4 is 0 Å². The fourth-order valence-corrected chi connectivity index (χ4v) is 4.72. The number of hydrogen-bond acceptors (Lipinski definition) is 3. The van der Waals surface area contributed by atoms with Gasteiger partial charge in [0.1, 0.15) is 5.04 Å². The van der Waals surface area contributed by atoms with E-state index >= 15 is 0 Å². The van der Waals surface area contributed by atoms with Gasteiger partial charge in [0.05, 0.1) is 5.69 Å². The number of unbranched alkanes of at least 4 members (excludes halogenated alkanes) is 1. The van der Waals surface area contributed by atoms with E-state index in [0.29, 0.717) is 0 Å². The lowest BCUT2D eigenvalue weighted by Gasteiger charge is -2.15. The van der Waals surface area contributed by atoms with Crippen molar-refractivity contribution in [2.45, 2.75) is 51.3 Å². The number of rotatable bonds is 10. The van der Waals surface area contributed by atoms with E-state index in [-0.39, 0.29) is 0 Å². The molecular formula is C24H31NS2. The number of aliphatic imine (C=N–C) groups is 1. The molecule has 0 bridgehead atoms. The number of hydrogen-bond donors (Lipinski definition) is 0. The van der Waals surface area contributed by atoms with Gasteiger partial charge < -0.3 is 0 Å². The topological polar surface area (TPSA) is 12.4 Å². The molecule has 0 aliphatic carbocycles. The number of benzene rings is 2. The summed E-state index contributed by atoms with van der Waals surface area (Å²) in [7, 11) is 0. The molecule has 0 aliphatic rings. The van der Waals surface area contributed by atoms with Crippen molar-refractivity contribution in [1.82, 2.24) is 0 Å². The van der Waals surface area contributed by atoms with Crippen LogP contribution in [0.4, 0.5) is 5.69 Å². The summed E-state index contributed by atoms with van der Waals surface area (Å²) in [6.45, 7) is 6.76. The molecule has 0 radical (unpaired) electrons. The fraction of sp³-hybridized carbons (Fsp3) is 0.375. The van der Waals surface area contributed by atoms with Crippen molar-refractivity contribution in [2.24, 2.45) is 10.9 Å². The number of nitrogens with zero attached hydrogens (tertiary/aromatic N) is 1. The highest BCUT2D eigenvalue weighted by atomic mass is 32.2. The lowest BCUT2D eigenvalue weighted by atomic mass is 10.0. The molecule has 0 aromatic heterocycles. The molecule has 27 heavy (non-hydrogen) atoms. The maximum atomic E-state index is 4.96. The van der Waals surface area contributed by atoms with Gasteiger partial charge in [-0.2, -0.15) is 0 Å². The first kappa shape index (κ1) is 21.8. The molecule has 144 valence electrons. The Balaban J connectivity index is 2.12. The molecule has 1 unspecified atom stereocenters. The van der Waals surface area contributed by atoms with Crippen molar-refractivity contribution >= 4 is 34.3 Å². The zero-order valence-electron chi connectivity index (χ0n) is 16.7. The highest BCUT2D eigenvalue weighted by Gasteiger charge is 2.11. The van der Waals surface area contributed by atoms with E-state index < -0.39 is 0 Å². The molecule has 0 saturated carbocycles. The van der Waals surface area contributed by atoms with Gasteiger partial charge in [-0.1, -0.05) is 81.3 Å². The van der Waals surface area contributed by atoms with Crippen molar-refractivity contribution in [1.29, 1.82) is 0 Å². The van der Waals surface area contributed by atoms with E-state index in [9.17, 15) is 0 Å². The van der Waals surface area contributed by atoms with Gasteiger partial charge in [-0.25, -0.2) is 4.99 Å². The summed E-state index contributed by atoms with van der Waals surface area (Å²) >= 11 is 3.68. The molecule has 1 nitrogen and oxygen atoms in total. The SMILES string of the molecule is CCCCC(CC)CSC(=N\c1ccccc1)/C(C)=C/Sc1ccccc1. The summed E-state index contributed by atoms with van der Waals surface area (Å²) in [6, 6.07) is 20.8. The van der Waals surface area contributed by atoms with Gasteiger partial charge in [-0.05, 0) is 54.5 Å². The van der Waals surface area contributed by atoms with Gasteiger partial charge in [-0.3, -0.25) is 0 Å². The second kappa shape index (κ2) is 12.9. The van der Waals surface area contributed by atoms with Crippen molar-refractivity contribution in [3.63, 3.8) is 0 Å². The van der Waals surface area contributed by atoms with Gasteiger partial charge in [0, 0.05) is 10.6 Å². The third kappa shape index (κ3) is 8.40. The Bertz CT molecular complexity index is 708. The standard InChI is InChI=1S/C24H31NS2/c1-4-6-13-21(5-2)19-27-24(25-22-14-9-7-10-15-22)20(3)18-26-23-16-11-8-12-17-23/h7-12,14-18,21H,4-6,13,19H2,1-3H3/b20-18+,25-24-. The quantitative estimate of drug-likeness (QED) is 0.227. The maximum absolute atomic E-state index is 4.96. The largest absolute Gasteiger partial charge is 0.242 e. The van der Waals surface area contributed by atoms with Crippen molar-refractivity contribution in [2.75, 3.05) is 5.75 Å². The van der Waals surface area contributed by atoms with Crippen LogP contribution in [0.1, 0.15) is 46.5 Å². The summed E-state index contributed by atoms with van der Waals surface area (Å²) in [6.07, 6.45) is 5.16. The van der Waals surface area contributed by atoms with Crippen LogP contribution in [-0.4, -0.2) is 10.8 Å². The first-order valence-corrected chi connectivity index (χ1v) is 11.7. The average molecular weight is 398 g/mol. The molecule has 2 rings (SSSR count). The molecule has 3 heteroatoms. The molecular weight excluding hydrogens is 366 g/mol. The third-order valence-electron chi connectivity index (χ3n) is 4.44. The van der Waals surface area contributed by atoms with Crippen LogP contribution in [0.5, 0.6) is 0 Å². The monoisotopic (exact) mass is 397 g/mol. The van der Waals surface area contributed by atoms with Gasteiger partial charge in [0.2, 0.25) is 0 Å². The molecule has 1 atom stereocenters. The zero-order valence-corrected chi connectivity index (χ0v) is 18.4. The van der Waals surface area contributed by atoms with Crippen LogP contribution in [0.15, 0.2) is 81.5 Å². The lowest BCUT2D eigenvalue weighted by molar-refractivity contribution is 0.500. The molecule has 0 fully saturated rings. The molecule has 2 aromatic carbocycles. The second-order valence-corrected chi connectivity index (χ2v) is 8.66. The molecule has 0 heterocycles. The van der Waals surface area contributed by atoms with Crippen molar-refractivity contribution in [3.05, 3.63) is 71.6 Å². The van der Waals surface area contributed by atoms with Gasteiger partial charge >= 0.3 is 0 Å². The highest BCUT2D eigenvalue weighted by Crippen LogP contribution is 2.27. The minimum Gasteiger partial charge on any atom is -0.242 e. The van der Waals surface area contributed by atoms with Crippen LogP contribution >= 0.6 is 23.5 Å². The Labute approximate surface area is 173 Å². The Kier molecular flexibility index (Phi) is 10.4. The average Bonchev–Trinajstić information content (AvgIpc) is 2.72. The molecule has 0 amide bonds. The maximum Gasteiger partial charge on any atom is 0.100 e. The third-order valence-corrected chi connectivity index (χ3v) is 6.78. The summed E-state index contributed by atoms with van der Waals surface area (Å²) < 4.78 is 0. The van der Waals surface area contributed by atoms with Crippen molar-refractivity contribution < 1.29 is 0 Å². The zero-order chi connectivity index (χ0) is 19.3. The highest BCUT2D eigenvalue weighted by molar-refractivity contribution is 8.14. The van der Waals surface area contributed by atoms with Crippen molar-refractivity contribution in [3.8, 4) is 0 Å². The van der Waals surface area contributed by atoms with E-state index in [0.717, 1.165) is 22.4 Å². The smallest absolute Gasteiger partial charge is 0.100 e. The summed E-state index contributed by atoms with van der Waals surface area (Å²) in [4.78, 5) is 6.21. The number of para-hydroxylation sites is 1. The van der Waals surface area contributed by atoms with E-state index in [1.165, 1.54) is 36.2 Å². The van der Waals surface area contributed by atoms with Crippen LogP contribution in [0.25, 0.3) is 0 Å². The van der Waals surface area contributed by atoms with E-state index in [1.807, 2.05) is 17.8 Å². The van der Waals surface area contributed by atoms with E-state index in [4.69, 9.17) is 4.99 Å². The fourth-order valence-electron chi connectivity index (χ4n) is 2.65. The van der Waals surface area contributed by atoms with Gasteiger partial charge in [0.15, 0.2) is 0 Å². The Hall–Kier alpha value is -1.45. The number of thioether (sulfide) groups is 2. The Morgan fingerprint density at radius 1 is 1.00 bits per heavy atom. The predicted octanol–water partition coefficient (Wildman–Crippen LogP) is 8.36. The first-order valence-electron chi connectivity index (χ1n) is 9.88. The van der Waals surface area contributed by atoms with Gasteiger partial charge in [-0.15, -0.1) is 11.8 Å². The first-order chi connectivity index (χ1) is 13.2. The van der Waals surface area contributed by atoms with Crippen LogP contribution in [0.3, 0.4) is 0 Å². The lowest BCUT2D eigenvalue weighted by Crippen LogP contribution is -2.06. The van der Waals surface area contributed by atoms with Crippen LogP contribution in [0.2, 0.25) is 0 Å². The van der Waals surface area contributed by atoms with Gasteiger partial charge in [0.25, 0.3) is 0 Å². The van der Waals surface area contributed by atoms with Crippen LogP contribution in [0, 0.1) is 5.92 Å². The normalized spacial score (nSPS) is 13.6. The second-order valence-electron chi connectivity index (χ2n) is 6.71. The molecule has 0 aliphatic heterocycles. The minimum atomic E-state index is 0.769. The minimum absolute atomic E-state index is 0.769. The Morgan fingerprint density at radius 3 is 2.30 bits per heavy atom. The molecule has 0 saturated heterocycles. The van der Waals surface area contributed by atoms with E-state index in [1.54, 1.807) is 11.8 Å². The predicted molar refractivity (Wildman–Crippen MR) is 125 cm³/mol. The summed E-state index contributed by atoms with van der Waals surface area (Å²) in [5, 5.41) is 3.37. The summed E-state index contributed by atoms with van der Waals surface area (Å²) in [5.41, 5.74) is 2.27. The molecule has 0 N–H and O–H groups in total. The Morgan fingerprint density at radius 2 is 1.67 bits per heavy atom.